The van der Waals surface area contributed by atoms with Crippen LogP contribution >= 0.6 is 23.1 Å². The fraction of sp³-hybridized carbons (Fsp3) is 0.0500. The average Bonchev–Trinajstić information content (AvgIpc) is 3.31. The van der Waals surface area contributed by atoms with Gasteiger partial charge in [-0.15, -0.1) is 11.3 Å². The van der Waals surface area contributed by atoms with Crippen molar-refractivity contribution < 1.29 is 0 Å². The quantitative estimate of drug-likeness (QED) is 0.316. The summed E-state index contributed by atoms with van der Waals surface area (Å²) < 4.78 is 2.05. The van der Waals surface area contributed by atoms with Gasteiger partial charge in [0.15, 0.2) is 0 Å². The average molecular weight is 374 g/mol. The molecular weight excluding hydrogens is 360 g/mol. The van der Waals surface area contributed by atoms with E-state index in [0.717, 1.165) is 32.3 Å². The van der Waals surface area contributed by atoms with Crippen molar-refractivity contribution in [2.45, 2.75) is 10.8 Å². The molecule has 5 aromatic rings. The van der Waals surface area contributed by atoms with Crippen LogP contribution in [0.1, 0.15) is 5.69 Å². The molecule has 0 saturated heterocycles. The Morgan fingerprint density at radius 2 is 1.88 bits per heavy atom. The summed E-state index contributed by atoms with van der Waals surface area (Å²) >= 11 is 3.41. The number of hydrogen-bond acceptors (Lipinski definition) is 5. The predicted molar refractivity (Wildman–Crippen MR) is 108 cm³/mol. The van der Waals surface area contributed by atoms with Gasteiger partial charge in [0.1, 0.15) is 21.8 Å². The smallest absolute Gasteiger partial charge is 0.137 e. The number of fused-ring (bicyclic) bond motifs is 2. The van der Waals surface area contributed by atoms with Crippen LogP contribution in [0.4, 0.5) is 0 Å². The van der Waals surface area contributed by atoms with E-state index in [1.54, 1.807) is 29.4 Å². The first-order chi connectivity index (χ1) is 12.9. The van der Waals surface area contributed by atoms with E-state index in [1.165, 1.54) is 10.4 Å². The molecule has 0 fully saturated rings. The van der Waals surface area contributed by atoms with E-state index in [2.05, 4.69) is 51.5 Å². The zero-order chi connectivity index (χ0) is 17.3. The Labute approximate surface area is 158 Å². The standard InChI is InChI=1S/C20H14N4S2/c1-2-6-14(7-3-1)17-10-16-19(21-13-22-20(16)26-17)25-12-15-11-24-9-5-4-8-18(24)23-15/h1-11,13H,12H2. The molecule has 26 heavy (non-hydrogen) atoms. The lowest BCUT2D eigenvalue weighted by Crippen LogP contribution is -1.85. The highest BCUT2D eigenvalue weighted by Crippen LogP contribution is 2.36. The molecule has 4 aromatic heterocycles. The van der Waals surface area contributed by atoms with Crippen molar-refractivity contribution in [2.75, 3.05) is 0 Å². The van der Waals surface area contributed by atoms with Crippen molar-refractivity contribution in [3.05, 3.63) is 79.0 Å². The van der Waals surface area contributed by atoms with Gasteiger partial charge in [0.05, 0.1) is 5.69 Å². The summed E-state index contributed by atoms with van der Waals surface area (Å²) in [5.74, 6) is 0.782. The minimum absolute atomic E-state index is 0.782. The highest BCUT2D eigenvalue weighted by atomic mass is 32.2. The van der Waals surface area contributed by atoms with Crippen LogP contribution in [0.25, 0.3) is 26.3 Å². The minimum atomic E-state index is 0.782. The predicted octanol–water partition coefficient (Wildman–Crippen LogP) is 5.30. The number of benzene rings is 1. The summed E-state index contributed by atoms with van der Waals surface area (Å²) in [5, 5.41) is 2.12. The number of thioether (sulfide) groups is 1. The van der Waals surface area contributed by atoms with Gasteiger partial charge in [-0.25, -0.2) is 15.0 Å². The number of imidazole rings is 1. The van der Waals surface area contributed by atoms with Gasteiger partial charge >= 0.3 is 0 Å². The number of rotatable bonds is 4. The summed E-state index contributed by atoms with van der Waals surface area (Å²) in [4.78, 5) is 15.9. The molecule has 0 aliphatic heterocycles. The van der Waals surface area contributed by atoms with E-state index in [4.69, 9.17) is 0 Å². The Morgan fingerprint density at radius 3 is 2.77 bits per heavy atom. The molecule has 0 aliphatic rings. The van der Waals surface area contributed by atoms with Gasteiger partial charge in [0.25, 0.3) is 0 Å². The molecule has 1 aromatic carbocycles. The van der Waals surface area contributed by atoms with E-state index in [1.807, 2.05) is 34.9 Å². The van der Waals surface area contributed by atoms with Gasteiger partial charge in [0.2, 0.25) is 0 Å². The highest BCUT2D eigenvalue weighted by Gasteiger charge is 2.11. The zero-order valence-corrected chi connectivity index (χ0v) is 15.4. The van der Waals surface area contributed by atoms with Gasteiger partial charge in [-0.3, -0.25) is 0 Å². The first kappa shape index (κ1) is 15.5. The van der Waals surface area contributed by atoms with Gasteiger partial charge in [-0.1, -0.05) is 48.2 Å². The SMILES string of the molecule is c1ccc(-c2cc3c(SCc4cn5ccccc5n4)ncnc3s2)cc1. The van der Waals surface area contributed by atoms with Crippen molar-refractivity contribution in [3.8, 4) is 10.4 Å². The Kier molecular flexibility index (Phi) is 3.92. The first-order valence-electron chi connectivity index (χ1n) is 8.22. The largest absolute Gasteiger partial charge is 0.307 e. The van der Waals surface area contributed by atoms with Gasteiger partial charge in [-0.2, -0.15) is 0 Å². The Balaban J connectivity index is 1.46. The van der Waals surface area contributed by atoms with E-state index in [-0.39, 0.29) is 0 Å². The van der Waals surface area contributed by atoms with Crippen molar-refractivity contribution in [3.63, 3.8) is 0 Å². The molecule has 4 nitrogen and oxygen atoms in total. The zero-order valence-electron chi connectivity index (χ0n) is 13.7. The van der Waals surface area contributed by atoms with Crippen LogP contribution < -0.4 is 0 Å². The van der Waals surface area contributed by atoms with Crippen LogP contribution in [-0.4, -0.2) is 19.4 Å². The summed E-state index contributed by atoms with van der Waals surface area (Å²) in [6, 6.07) is 18.6. The topological polar surface area (TPSA) is 43.1 Å². The third kappa shape index (κ3) is 2.87. The minimum Gasteiger partial charge on any atom is -0.307 e. The lowest BCUT2D eigenvalue weighted by molar-refractivity contribution is 1.10. The molecule has 6 heteroatoms. The lowest BCUT2D eigenvalue weighted by Gasteiger charge is -1.99. The third-order valence-electron chi connectivity index (χ3n) is 4.12. The number of aromatic nitrogens is 4. The maximum atomic E-state index is 4.66. The van der Waals surface area contributed by atoms with Crippen LogP contribution in [0.2, 0.25) is 0 Å². The Hall–Kier alpha value is -2.70. The Bertz CT molecular complexity index is 1160. The molecule has 0 bridgehead atoms. The van der Waals surface area contributed by atoms with Crippen LogP contribution in [0, 0.1) is 0 Å². The fourth-order valence-corrected chi connectivity index (χ4v) is 4.82. The third-order valence-corrected chi connectivity index (χ3v) is 6.25. The normalized spacial score (nSPS) is 11.4. The van der Waals surface area contributed by atoms with Crippen molar-refractivity contribution in [2.24, 2.45) is 0 Å². The highest BCUT2D eigenvalue weighted by molar-refractivity contribution is 7.98. The molecular formula is C20H14N4S2. The molecule has 4 heterocycles. The molecule has 0 radical (unpaired) electrons. The van der Waals surface area contributed by atoms with Crippen molar-refractivity contribution >= 4 is 39.0 Å². The summed E-state index contributed by atoms with van der Waals surface area (Å²) in [7, 11) is 0. The van der Waals surface area contributed by atoms with E-state index < -0.39 is 0 Å². The first-order valence-corrected chi connectivity index (χ1v) is 10.0. The fourth-order valence-electron chi connectivity index (χ4n) is 2.89. The van der Waals surface area contributed by atoms with Crippen molar-refractivity contribution in [1.29, 1.82) is 0 Å². The summed E-state index contributed by atoms with van der Waals surface area (Å²) in [5.41, 5.74) is 3.23. The molecule has 5 rings (SSSR count). The molecule has 0 N–H and O–H groups in total. The number of nitrogens with zero attached hydrogens (tertiary/aromatic N) is 4. The molecule has 0 aliphatic carbocycles. The van der Waals surface area contributed by atoms with Crippen molar-refractivity contribution in [1.82, 2.24) is 19.4 Å². The second-order valence-corrected chi connectivity index (χ2v) is 7.86. The second kappa shape index (κ2) is 6.55. The summed E-state index contributed by atoms with van der Waals surface area (Å²) in [6.07, 6.45) is 5.74. The molecule has 0 unspecified atom stereocenters. The second-order valence-electron chi connectivity index (χ2n) is 5.86. The Morgan fingerprint density at radius 1 is 1.00 bits per heavy atom. The lowest BCUT2D eigenvalue weighted by atomic mass is 10.2. The number of thiophene rings is 1. The number of pyridine rings is 1. The van der Waals surface area contributed by atoms with Crippen LogP contribution in [0.3, 0.4) is 0 Å². The van der Waals surface area contributed by atoms with Gasteiger partial charge < -0.3 is 4.40 Å². The molecule has 0 amide bonds. The number of hydrogen-bond donors (Lipinski definition) is 0. The van der Waals surface area contributed by atoms with Gasteiger partial charge in [-0.05, 0) is 23.8 Å². The molecule has 126 valence electrons. The molecule has 0 saturated carbocycles. The van der Waals surface area contributed by atoms with Gasteiger partial charge in [0, 0.05) is 28.4 Å². The molecule has 0 atom stereocenters. The van der Waals surface area contributed by atoms with Crippen LogP contribution in [-0.2, 0) is 5.75 Å². The maximum absolute atomic E-state index is 4.66. The van der Waals surface area contributed by atoms with E-state index >= 15 is 0 Å². The van der Waals surface area contributed by atoms with Crippen LogP contribution in [0.5, 0.6) is 0 Å². The maximum Gasteiger partial charge on any atom is 0.137 e. The monoisotopic (exact) mass is 374 g/mol. The van der Waals surface area contributed by atoms with Crippen LogP contribution in [0.15, 0.2) is 78.3 Å². The summed E-state index contributed by atoms with van der Waals surface area (Å²) in [6.45, 7) is 0. The molecule has 0 spiro atoms. The van der Waals surface area contributed by atoms with E-state index in [9.17, 15) is 0 Å². The van der Waals surface area contributed by atoms with E-state index in [0.29, 0.717) is 0 Å².